The first-order chi connectivity index (χ1) is 6.62. The summed E-state index contributed by atoms with van der Waals surface area (Å²) in [5.41, 5.74) is -0.551. The second kappa shape index (κ2) is 3.46. The molecule has 0 bridgehead atoms. The van der Waals surface area contributed by atoms with Crippen LogP contribution in [0.2, 0.25) is 0 Å². The van der Waals surface area contributed by atoms with Crippen molar-refractivity contribution in [3.05, 3.63) is 17.9 Å². The quantitative estimate of drug-likeness (QED) is 0.567. The van der Waals surface area contributed by atoms with E-state index in [4.69, 9.17) is 0 Å². The van der Waals surface area contributed by atoms with Gasteiger partial charge in [-0.3, -0.25) is 4.79 Å². The molecule has 6 heteroatoms. The molecule has 0 unspecified atom stereocenters. The average molecular weight is 231 g/mol. The van der Waals surface area contributed by atoms with Crippen molar-refractivity contribution in [1.29, 1.82) is 0 Å². The molecule has 0 aliphatic carbocycles. The van der Waals surface area contributed by atoms with Gasteiger partial charge >= 0.3 is 0 Å². The van der Waals surface area contributed by atoms with Crippen molar-refractivity contribution >= 4 is 15.9 Å². The zero-order valence-electron chi connectivity index (χ0n) is 8.60. The zero-order valence-corrected chi connectivity index (χ0v) is 9.42. The molecule has 15 heavy (non-hydrogen) atoms. The first-order valence-corrected chi connectivity index (χ1v) is 5.62. The molecule has 0 atom stereocenters. The molecule has 0 aliphatic heterocycles. The molecule has 0 aromatic carbocycles. The highest BCUT2D eigenvalue weighted by atomic mass is 32.2. The summed E-state index contributed by atoms with van der Waals surface area (Å²) in [6.07, 6.45) is 0.984. The van der Waals surface area contributed by atoms with Crippen molar-refractivity contribution < 1.29 is 22.2 Å². The summed E-state index contributed by atoms with van der Waals surface area (Å²) in [6.45, 7) is 5.06. The monoisotopic (exact) mass is 231 g/mol. The average Bonchev–Trinajstić information content (AvgIpc) is 2.47. The Bertz CT molecular complexity index is 475. The number of hydrogen-bond donors (Lipinski definition) is 0. The largest absolute Gasteiger partial charge is 0.742 e. The fraction of sp³-hybridized carbons (Fsp3) is 0.444. The van der Waals surface area contributed by atoms with Crippen molar-refractivity contribution in [2.75, 3.05) is 0 Å². The minimum Gasteiger partial charge on any atom is -0.742 e. The van der Waals surface area contributed by atoms with Gasteiger partial charge in [0, 0.05) is 11.5 Å². The molecule has 0 saturated carbocycles. The third-order valence-corrected chi connectivity index (χ3v) is 2.47. The lowest BCUT2D eigenvalue weighted by Gasteiger charge is -2.14. The standard InChI is InChI=1S/C9H12O5S/c1-9(2,3)8(10)6-4-7(14-5-6)15(11,12)13/h4-5H,1-3H3,(H,11,12,13)/p-1. The topological polar surface area (TPSA) is 87.4 Å². The van der Waals surface area contributed by atoms with E-state index in [9.17, 15) is 17.8 Å². The summed E-state index contributed by atoms with van der Waals surface area (Å²) in [7, 11) is -4.63. The molecular weight excluding hydrogens is 220 g/mol. The molecule has 0 spiro atoms. The first-order valence-electron chi connectivity index (χ1n) is 4.21. The van der Waals surface area contributed by atoms with Crippen molar-refractivity contribution in [3.8, 4) is 0 Å². The van der Waals surface area contributed by atoms with Gasteiger partial charge in [-0.25, -0.2) is 8.42 Å². The van der Waals surface area contributed by atoms with Crippen molar-refractivity contribution in [2.45, 2.75) is 25.9 Å². The molecule has 0 fully saturated rings. The van der Waals surface area contributed by atoms with Crippen molar-refractivity contribution in [1.82, 2.24) is 0 Å². The van der Waals surface area contributed by atoms with Crippen LogP contribution in [0, 0.1) is 5.41 Å². The van der Waals surface area contributed by atoms with Gasteiger partial charge in [-0.05, 0) is 0 Å². The third-order valence-electron chi connectivity index (χ3n) is 1.77. The van der Waals surface area contributed by atoms with Gasteiger partial charge < -0.3 is 8.97 Å². The predicted octanol–water partition coefficient (Wildman–Crippen LogP) is 1.41. The molecule has 1 heterocycles. The van der Waals surface area contributed by atoms with Gasteiger partial charge in [0.2, 0.25) is 5.09 Å². The summed E-state index contributed by atoms with van der Waals surface area (Å²) in [4.78, 5) is 11.6. The third kappa shape index (κ3) is 2.66. The summed E-state index contributed by atoms with van der Waals surface area (Å²) >= 11 is 0. The first kappa shape index (κ1) is 11.9. The van der Waals surface area contributed by atoms with Gasteiger partial charge in [0.1, 0.15) is 6.26 Å². The van der Waals surface area contributed by atoms with Crippen LogP contribution >= 0.6 is 0 Å². The molecule has 0 aliphatic rings. The predicted molar refractivity (Wildman–Crippen MR) is 50.5 cm³/mol. The summed E-state index contributed by atoms with van der Waals surface area (Å²) < 4.78 is 36.2. The van der Waals surface area contributed by atoms with E-state index in [0.29, 0.717) is 0 Å². The minimum absolute atomic E-state index is 0.0944. The summed E-state index contributed by atoms with van der Waals surface area (Å²) in [6, 6.07) is 0.954. The van der Waals surface area contributed by atoms with Crippen molar-refractivity contribution in [3.63, 3.8) is 0 Å². The van der Waals surface area contributed by atoms with E-state index in [0.717, 1.165) is 12.3 Å². The fourth-order valence-electron chi connectivity index (χ4n) is 1.000. The number of ketones is 1. The highest BCUT2D eigenvalue weighted by Gasteiger charge is 2.25. The number of Topliss-reactive ketones (excluding diaryl/α,β-unsaturated/α-hetero) is 1. The smallest absolute Gasteiger partial charge is 0.206 e. The van der Waals surface area contributed by atoms with Crippen LogP contribution < -0.4 is 0 Å². The lowest BCUT2D eigenvalue weighted by molar-refractivity contribution is 0.0857. The van der Waals surface area contributed by atoms with Gasteiger partial charge in [-0.2, -0.15) is 0 Å². The van der Waals surface area contributed by atoms with Crippen LogP contribution in [0.4, 0.5) is 0 Å². The summed E-state index contributed by atoms with van der Waals surface area (Å²) in [5, 5.41) is -0.727. The Labute approximate surface area is 87.8 Å². The van der Waals surface area contributed by atoms with Crippen LogP contribution in [-0.4, -0.2) is 18.8 Å². The Kier molecular flexibility index (Phi) is 2.75. The summed E-state index contributed by atoms with van der Waals surface area (Å²) in [5.74, 6) is -0.277. The van der Waals surface area contributed by atoms with E-state index in [2.05, 4.69) is 4.42 Å². The fourth-order valence-corrected chi connectivity index (χ4v) is 1.44. The molecule has 0 N–H and O–H groups in total. The maximum atomic E-state index is 11.6. The molecule has 1 aromatic heterocycles. The molecule has 1 aromatic rings. The van der Waals surface area contributed by atoms with E-state index >= 15 is 0 Å². The molecule has 0 radical (unpaired) electrons. The highest BCUT2D eigenvalue weighted by Crippen LogP contribution is 2.23. The molecule has 0 saturated heterocycles. The van der Waals surface area contributed by atoms with Crippen LogP contribution in [0.25, 0.3) is 0 Å². The second-order valence-corrected chi connectivity index (χ2v) is 5.50. The van der Waals surface area contributed by atoms with Crippen LogP contribution in [0.5, 0.6) is 0 Å². The molecule has 0 amide bonds. The number of carbonyl (C=O) groups is 1. The van der Waals surface area contributed by atoms with Crippen LogP contribution in [-0.2, 0) is 10.1 Å². The molecule has 5 nitrogen and oxygen atoms in total. The van der Waals surface area contributed by atoms with Gasteiger partial charge in [0.25, 0.3) is 0 Å². The Morgan fingerprint density at radius 1 is 1.40 bits per heavy atom. The number of furan rings is 1. The van der Waals surface area contributed by atoms with Crippen LogP contribution in [0.1, 0.15) is 31.1 Å². The second-order valence-electron chi connectivity index (χ2n) is 4.19. The van der Waals surface area contributed by atoms with Crippen LogP contribution in [0.3, 0.4) is 0 Å². The van der Waals surface area contributed by atoms with Gasteiger partial charge in [-0.15, -0.1) is 0 Å². The number of hydrogen-bond acceptors (Lipinski definition) is 5. The maximum absolute atomic E-state index is 11.6. The Hall–Kier alpha value is -1.14. The lowest BCUT2D eigenvalue weighted by Crippen LogP contribution is -2.19. The Balaban J connectivity index is 3.12. The van der Waals surface area contributed by atoms with E-state index < -0.39 is 20.6 Å². The van der Waals surface area contributed by atoms with Gasteiger partial charge in [0.05, 0.1) is 5.56 Å². The molecule has 84 valence electrons. The highest BCUT2D eigenvalue weighted by molar-refractivity contribution is 7.85. The number of rotatable bonds is 2. The van der Waals surface area contributed by atoms with E-state index in [1.807, 2.05) is 0 Å². The molecular formula is C9H11O5S-. The van der Waals surface area contributed by atoms with E-state index in [1.54, 1.807) is 20.8 Å². The Morgan fingerprint density at radius 3 is 2.27 bits per heavy atom. The molecule has 1 rings (SSSR count). The normalized spacial score (nSPS) is 12.8. The minimum atomic E-state index is -4.63. The SMILES string of the molecule is CC(C)(C)C(=O)c1coc(S(=O)(=O)[O-])c1. The lowest BCUT2D eigenvalue weighted by atomic mass is 9.88. The van der Waals surface area contributed by atoms with E-state index in [-0.39, 0.29) is 11.3 Å². The maximum Gasteiger partial charge on any atom is 0.206 e. The van der Waals surface area contributed by atoms with Gasteiger partial charge in [0.15, 0.2) is 15.9 Å². The van der Waals surface area contributed by atoms with Crippen LogP contribution in [0.15, 0.2) is 21.8 Å². The number of carbonyl (C=O) groups excluding carboxylic acids is 1. The van der Waals surface area contributed by atoms with Gasteiger partial charge in [-0.1, -0.05) is 20.8 Å². The Morgan fingerprint density at radius 2 is 1.93 bits per heavy atom. The van der Waals surface area contributed by atoms with E-state index in [1.165, 1.54) is 0 Å². The zero-order chi connectivity index (χ0) is 11.9. The van der Waals surface area contributed by atoms with Crippen molar-refractivity contribution in [2.24, 2.45) is 5.41 Å².